The van der Waals surface area contributed by atoms with Crippen LogP contribution in [0.25, 0.3) is 0 Å². The molecule has 1 heterocycles. The SMILES string of the molecule is Cc1sc(C(=O)O)cc1S(=O)(=O)N(C)CC(=O)N(C)C. The third-order valence-electron chi connectivity index (χ3n) is 2.63. The maximum atomic E-state index is 12.3. The number of sulfonamides is 1. The van der Waals surface area contributed by atoms with Crippen molar-refractivity contribution in [3.63, 3.8) is 0 Å². The lowest BCUT2D eigenvalue weighted by molar-refractivity contribution is -0.128. The highest BCUT2D eigenvalue weighted by atomic mass is 32.2. The first-order valence-corrected chi connectivity index (χ1v) is 7.83. The maximum absolute atomic E-state index is 12.3. The number of carbonyl (C=O) groups is 2. The van der Waals surface area contributed by atoms with Crippen LogP contribution in [0.4, 0.5) is 0 Å². The van der Waals surface area contributed by atoms with Gasteiger partial charge in [-0.3, -0.25) is 4.79 Å². The molecule has 9 heteroatoms. The van der Waals surface area contributed by atoms with Crippen LogP contribution in [0.5, 0.6) is 0 Å². The lowest BCUT2D eigenvalue weighted by Gasteiger charge is -2.18. The number of carboxylic acids is 1. The number of likely N-dealkylation sites (N-methyl/N-ethyl adjacent to an activating group) is 2. The Hall–Kier alpha value is -1.45. The number of hydrogen-bond donors (Lipinski definition) is 1. The Morgan fingerprint density at radius 3 is 2.25 bits per heavy atom. The molecule has 1 aromatic rings. The van der Waals surface area contributed by atoms with Crippen molar-refractivity contribution in [2.45, 2.75) is 11.8 Å². The van der Waals surface area contributed by atoms with Crippen LogP contribution in [-0.4, -0.2) is 62.3 Å². The normalized spacial score (nSPS) is 11.7. The summed E-state index contributed by atoms with van der Waals surface area (Å²) in [6.07, 6.45) is 0. The van der Waals surface area contributed by atoms with E-state index in [9.17, 15) is 18.0 Å². The van der Waals surface area contributed by atoms with Crippen molar-refractivity contribution < 1.29 is 23.1 Å². The molecule has 1 aromatic heterocycles. The zero-order valence-corrected chi connectivity index (χ0v) is 13.2. The van der Waals surface area contributed by atoms with E-state index in [4.69, 9.17) is 5.11 Å². The highest BCUT2D eigenvalue weighted by Crippen LogP contribution is 2.27. The third kappa shape index (κ3) is 3.35. The van der Waals surface area contributed by atoms with Gasteiger partial charge in [-0.05, 0) is 13.0 Å². The van der Waals surface area contributed by atoms with Crippen LogP contribution in [0.2, 0.25) is 0 Å². The summed E-state index contributed by atoms with van der Waals surface area (Å²) in [5.41, 5.74) is 0. The van der Waals surface area contributed by atoms with Crippen LogP contribution in [0.15, 0.2) is 11.0 Å². The zero-order chi connectivity index (χ0) is 15.7. The number of nitrogens with zero attached hydrogens (tertiary/aromatic N) is 2. The van der Waals surface area contributed by atoms with Gasteiger partial charge in [0.05, 0.1) is 11.4 Å². The van der Waals surface area contributed by atoms with Gasteiger partial charge in [-0.1, -0.05) is 0 Å². The minimum Gasteiger partial charge on any atom is -0.477 e. The summed E-state index contributed by atoms with van der Waals surface area (Å²) in [5, 5.41) is 8.89. The second-order valence-electron chi connectivity index (χ2n) is 4.39. The van der Waals surface area contributed by atoms with Gasteiger partial charge in [0.15, 0.2) is 0 Å². The van der Waals surface area contributed by atoms with Crippen LogP contribution < -0.4 is 0 Å². The summed E-state index contributed by atoms with van der Waals surface area (Å²) < 4.78 is 25.5. The predicted molar refractivity (Wildman–Crippen MR) is 74.5 cm³/mol. The van der Waals surface area contributed by atoms with E-state index in [1.54, 1.807) is 0 Å². The number of thiophene rings is 1. The first kappa shape index (κ1) is 16.6. The molecule has 0 atom stereocenters. The number of amides is 1. The average Bonchev–Trinajstić information content (AvgIpc) is 2.71. The minimum absolute atomic E-state index is 0.0478. The van der Waals surface area contributed by atoms with Crippen LogP contribution in [-0.2, 0) is 14.8 Å². The van der Waals surface area contributed by atoms with E-state index in [1.807, 2.05) is 0 Å². The summed E-state index contributed by atoms with van der Waals surface area (Å²) in [7, 11) is 0.466. The van der Waals surface area contributed by atoms with Gasteiger partial charge in [0.2, 0.25) is 15.9 Å². The Morgan fingerprint density at radius 1 is 1.30 bits per heavy atom. The first-order valence-electron chi connectivity index (χ1n) is 5.57. The lowest BCUT2D eigenvalue weighted by atomic mass is 10.4. The number of aromatic carboxylic acids is 1. The smallest absolute Gasteiger partial charge is 0.345 e. The van der Waals surface area contributed by atoms with Gasteiger partial charge in [-0.15, -0.1) is 11.3 Å². The fourth-order valence-electron chi connectivity index (χ4n) is 1.41. The molecule has 0 saturated carbocycles. The van der Waals surface area contributed by atoms with Gasteiger partial charge in [-0.25, -0.2) is 13.2 Å². The second kappa shape index (κ2) is 5.90. The topological polar surface area (TPSA) is 95.0 Å². The summed E-state index contributed by atoms with van der Waals surface area (Å²) >= 11 is 0.891. The molecular formula is C11H16N2O5S2. The van der Waals surface area contributed by atoms with Gasteiger partial charge in [-0.2, -0.15) is 4.31 Å². The Kier molecular flexibility index (Phi) is 4.90. The van der Waals surface area contributed by atoms with Crippen LogP contribution in [0.1, 0.15) is 14.5 Å². The molecule has 0 unspecified atom stereocenters. The highest BCUT2D eigenvalue weighted by molar-refractivity contribution is 7.89. The third-order valence-corrected chi connectivity index (χ3v) is 5.73. The number of hydrogen-bond acceptors (Lipinski definition) is 5. The molecule has 112 valence electrons. The molecule has 0 bridgehead atoms. The second-order valence-corrected chi connectivity index (χ2v) is 7.66. The first-order chi connectivity index (χ1) is 9.07. The van der Waals surface area contributed by atoms with Crippen molar-refractivity contribution in [3.8, 4) is 0 Å². The van der Waals surface area contributed by atoms with Gasteiger partial charge >= 0.3 is 5.97 Å². The Morgan fingerprint density at radius 2 is 1.85 bits per heavy atom. The largest absolute Gasteiger partial charge is 0.477 e. The van der Waals surface area contributed by atoms with E-state index in [1.165, 1.54) is 33.0 Å². The molecule has 1 amide bonds. The van der Waals surface area contributed by atoms with Crippen molar-refractivity contribution in [2.24, 2.45) is 0 Å². The lowest BCUT2D eigenvalue weighted by Crippen LogP contribution is -2.37. The molecule has 0 aliphatic heterocycles. The fourth-order valence-corrected chi connectivity index (χ4v) is 3.93. The Bertz CT molecular complexity index is 633. The molecule has 20 heavy (non-hydrogen) atoms. The molecule has 0 saturated heterocycles. The molecular weight excluding hydrogens is 304 g/mol. The van der Waals surface area contributed by atoms with Crippen LogP contribution in [0, 0.1) is 6.92 Å². The predicted octanol–water partition coefficient (Wildman–Crippen LogP) is 0.463. The number of rotatable bonds is 5. The zero-order valence-electron chi connectivity index (χ0n) is 11.6. The summed E-state index contributed by atoms with van der Waals surface area (Å²) in [6, 6.07) is 1.12. The van der Waals surface area contributed by atoms with Crippen molar-refractivity contribution in [1.29, 1.82) is 0 Å². The standard InChI is InChI=1S/C11H16N2O5S2/c1-7-9(5-8(19-7)11(15)16)20(17,18)13(4)6-10(14)12(2)3/h5H,6H2,1-4H3,(H,15,16). The van der Waals surface area contributed by atoms with Crippen molar-refractivity contribution in [1.82, 2.24) is 9.21 Å². The number of carbonyl (C=O) groups excluding carboxylic acids is 1. The summed E-state index contributed by atoms with van der Waals surface area (Å²) in [5.74, 6) is -1.53. The summed E-state index contributed by atoms with van der Waals surface area (Å²) in [4.78, 5) is 24.0. The van der Waals surface area contributed by atoms with Crippen molar-refractivity contribution in [2.75, 3.05) is 27.7 Å². The van der Waals surface area contributed by atoms with E-state index in [0.717, 1.165) is 21.7 Å². The van der Waals surface area contributed by atoms with Crippen LogP contribution in [0.3, 0.4) is 0 Å². The van der Waals surface area contributed by atoms with Gasteiger partial charge in [0.25, 0.3) is 0 Å². The molecule has 0 fully saturated rings. The van der Waals surface area contributed by atoms with Gasteiger partial charge < -0.3 is 10.0 Å². The maximum Gasteiger partial charge on any atom is 0.345 e. The highest BCUT2D eigenvalue weighted by Gasteiger charge is 2.28. The van der Waals surface area contributed by atoms with E-state index in [0.29, 0.717) is 4.88 Å². The van der Waals surface area contributed by atoms with E-state index < -0.39 is 16.0 Å². The Balaban J connectivity index is 3.10. The molecule has 0 radical (unpaired) electrons. The molecule has 1 rings (SSSR count). The van der Waals surface area contributed by atoms with E-state index >= 15 is 0 Å². The monoisotopic (exact) mass is 320 g/mol. The number of aryl methyl sites for hydroxylation is 1. The van der Waals surface area contributed by atoms with E-state index in [-0.39, 0.29) is 22.2 Å². The molecule has 7 nitrogen and oxygen atoms in total. The molecule has 0 spiro atoms. The molecule has 1 N–H and O–H groups in total. The van der Waals surface area contributed by atoms with Crippen molar-refractivity contribution in [3.05, 3.63) is 15.8 Å². The van der Waals surface area contributed by atoms with Gasteiger partial charge in [0.1, 0.15) is 4.88 Å². The number of carboxylic acid groups (broad SMARTS) is 1. The Labute approximate surface area is 121 Å². The summed E-state index contributed by atoms with van der Waals surface area (Å²) in [6.45, 7) is 1.23. The van der Waals surface area contributed by atoms with Gasteiger partial charge in [0, 0.05) is 26.0 Å². The van der Waals surface area contributed by atoms with Crippen molar-refractivity contribution >= 4 is 33.2 Å². The van der Waals surface area contributed by atoms with Crippen LogP contribution >= 0.6 is 11.3 Å². The molecule has 0 aliphatic rings. The molecule has 0 aliphatic carbocycles. The molecule has 0 aromatic carbocycles. The van der Waals surface area contributed by atoms with E-state index in [2.05, 4.69) is 0 Å². The minimum atomic E-state index is -3.88. The fraction of sp³-hybridized carbons (Fsp3) is 0.455. The quantitative estimate of drug-likeness (QED) is 0.850. The average molecular weight is 320 g/mol.